The summed E-state index contributed by atoms with van der Waals surface area (Å²) in [5.74, 6) is -2.47. The van der Waals surface area contributed by atoms with Crippen LogP contribution in [0.4, 0.5) is 0 Å². The molecule has 3 atom stereocenters. The number of carboxylic acid groups (broad SMARTS) is 1. The molecule has 0 aromatic carbocycles. The Morgan fingerprint density at radius 1 is 1.23 bits per heavy atom. The first-order chi connectivity index (χ1) is 14.5. The molecule has 1 saturated heterocycles. The fraction of sp³-hybridized carbons (Fsp3) is 0.737. The minimum absolute atomic E-state index is 0.0355. The third-order valence-electron chi connectivity index (χ3n) is 4.92. The molecule has 1 aliphatic heterocycles. The van der Waals surface area contributed by atoms with Crippen molar-refractivity contribution in [2.45, 2.75) is 64.1 Å². The van der Waals surface area contributed by atoms with Gasteiger partial charge in [-0.25, -0.2) is 4.79 Å². The largest absolute Gasteiger partial charge is 0.480 e. The molecule has 0 saturated carbocycles. The Kier molecular flexibility index (Phi) is 10.7. The molecule has 0 spiro atoms. The molecule has 0 aromatic rings. The molecule has 1 heterocycles. The van der Waals surface area contributed by atoms with Gasteiger partial charge in [-0.2, -0.15) is 0 Å². The molecule has 1 fully saturated rings. The monoisotopic (exact) mass is 441 g/mol. The second-order valence-corrected chi connectivity index (χ2v) is 8.05. The van der Waals surface area contributed by atoms with Crippen LogP contribution >= 0.6 is 0 Å². The molecule has 0 aliphatic carbocycles. The Morgan fingerprint density at radius 3 is 2.48 bits per heavy atom. The number of guanidine groups is 1. The summed E-state index contributed by atoms with van der Waals surface area (Å²) in [7, 11) is 0. The number of amides is 3. The molecule has 1 rings (SSSR count). The van der Waals surface area contributed by atoms with E-state index in [1.807, 2.05) is 13.8 Å². The normalized spacial score (nSPS) is 17.7. The first kappa shape index (κ1) is 26.1. The fourth-order valence-electron chi connectivity index (χ4n) is 3.34. The summed E-state index contributed by atoms with van der Waals surface area (Å²) >= 11 is 0. The fourth-order valence-corrected chi connectivity index (χ4v) is 3.34. The summed E-state index contributed by atoms with van der Waals surface area (Å²) in [5.41, 5.74) is 16.2. The molecule has 12 nitrogen and oxygen atoms in total. The lowest BCUT2D eigenvalue weighted by molar-refractivity contribution is -0.144. The second-order valence-electron chi connectivity index (χ2n) is 8.05. The number of likely N-dealkylation sites (tertiary alicyclic amines) is 1. The highest BCUT2D eigenvalue weighted by Gasteiger charge is 2.36. The Labute approximate surface area is 182 Å². The molecule has 0 radical (unpaired) electrons. The van der Waals surface area contributed by atoms with Crippen molar-refractivity contribution in [1.82, 2.24) is 15.5 Å². The van der Waals surface area contributed by atoms with Gasteiger partial charge in [0.25, 0.3) is 0 Å². The SMILES string of the molecule is CC(C)CC(NC(=O)C1CCCN1C(=O)CNC(=O)C(N)CCCN=C(N)N)C(=O)O. The standard InChI is InChI=1S/C19H35N7O5/c1-11(2)9-13(18(30)31)25-17(29)14-6-4-8-26(14)15(27)10-24-16(28)12(20)5-3-7-23-19(21)22/h11-14H,3-10,20H2,1-2H3,(H,24,28)(H,25,29)(H,30,31)(H4,21,22,23). The predicted molar refractivity (Wildman–Crippen MR) is 115 cm³/mol. The van der Waals surface area contributed by atoms with Crippen molar-refractivity contribution in [2.75, 3.05) is 19.6 Å². The minimum atomic E-state index is -1.11. The van der Waals surface area contributed by atoms with Gasteiger partial charge >= 0.3 is 5.97 Å². The number of carbonyl (C=O) groups excluding carboxylic acids is 3. The number of nitrogens with two attached hydrogens (primary N) is 3. The van der Waals surface area contributed by atoms with Crippen molar-refractivity contribution < 1.29 is 24.3 Å². The summed E-state index contributed by atoms with van der Waals surface area (Å²) in [5, 5.41) is 14.3. The summed E-state index contributed by atoms with van der Waals surface area (Å²) in [6, 6.07) is -2.58. The molecule has 0 bridgehead atoms. The van der Waals surface area contributed by atoms with Gasteiger partial charge in [-0.05, 0) is 38.0 Å². The maximum atomic E-state index is 12.6. The van der Waals surface area contributed by atoms with Gasteiger partial charge in [0, 0.05) is 13.1 Å². The molecule has 0 aromatic heterocycles. The van der Waals surface area contributed by atoms with Crippen molar-refractivity contribution in [2.24, 2.45) is 28.1 Å². The lowest BCUT2D eigenvalue weighted by atomic mass is 10.0. The van der Waals surface area contributed by atoms with Crippen molar-refractivity contribution in [1.29, 1.82) is 0 Å². The van der Waals surface area contributed by atoms with Crippen LogP contribution in [0.1, 0.15) is 46.0 Å². The van der Waals surface area contributed by atoms with Crippen LogP contribution in [0, 0.1) is 5.92 Å². The third-order valence-corrected chi connectivity index (χ3v) is 4.92. The van der Waals surface area contributed by atoms with E-state index < -0.39 is 41.8 Å². The average Bonchev–Trinajstić information content (AvgIpc) is 3.17. The highest BCUT2D eigenvalue weighted by atomic mass is 16.4. The van der Waals surface area contributed by atoms with E-state index in [0.29, 0.717) is 45.2 Å². The Bertz CT molecular complexity index is 679. The zero-order chi connectivity index (χ0) is 23.6. The maximum absolute atomic E-state index is 12.6. The minimum Gasteiger partial charge on any atom is -0.480 e. The number of carbonyl (C=O) groups is 4. The third kappa shape index (κ3) is 9.20. The summed E-state index contributed by atoms with van der Waals surface area (Å²) < 4.78 is 0. The van der Waals surface area contributed by atoms with E-state index in [1.54, 1.807) is 0 Å². The molecule has 12 heteroatoms. The van der Waals surface area contributed by atoms with Crippen LogP contribution in [-0.2, 0) is 19.2 Å². The van der Waals surface area contributed by atoms with Crippen LogP contribution in [0.3, 0.4) is 0 Å². The number of hydrogen-bond acceptors (Lipinski definition) is 6. The van der Waals surface area contributed by atoms with Gasteiger partial charge in [-0.15, -0.1) is 0 Å². The van der Waals surface area contributed by atoms with E-state index in [0.717, 1.165) is 0 Å². The van der Waals surface area contributed by atoms with Crippen molar-refractivity contribution in [3.8, 4) is 0 Å². The summed E-state index contributed by atoms with van der Waals surface area (Å²) in [4.78, 5) is 53.8. The van der Waals surface area contributed by atoms with E-state index in [1.165, 1.54) is 4.90 Å². The second kappa shape index (κ2) is 12.7. The van der Waals surface area contributed by atoms with Gasteiger partial charge in [-0.1, -0.05) is 13.8 Å². The van der Waals surface area contributed by atoms with Gasteiger partial charge in [0.15, 0.2) is 5.96 Å². The molecule has 1 aliphatic rings. The van der Waals surface area contributed by atoms with Gasteiger partial charge in [0.1, 0.15) is 12.1 Å². The quantitative estimate of drug-likeness (QED) is 0.114. The summed E-state index contributed by atoms with van der Waals surface area (Å²) in [6.07, 6.45) is 2.20. The first-order valence-electron chi connectivity index (χ1n) is 10.4. The number of rotatable bonds is 12. The molecular weight excluding hydrogens is 406 g/mol. The number of aliphatic carboxylic acids is 1. The highest BCUT2D eigenvalue weighted by Crippen LogP contribution is 2.18. The van der Waals surface area contributed by atoms with Crippen LogP contribution < -0.4 is 27.8 Å². The Balaban J connectivity index is 2.54. The Hall–Kier alpha value is -2.89. The van der Waals surface area contributed by atoms with Crippen LogP contribution in [0.5, 0.6) is 0 Å². The molecule has 31 heavy (non-hydrogen) atoms. The van der Waals surface area contributed by atoms with E-state index in [-0.39, 0.29) is 18.4 Å². The van der Waals surface area contributed by atoms with Crippen molar-refractivity contribution in [3.63, 3.8) is 0 Å². The van der Waals surface area contributed by atoms with Gasteiger partial charge in [0.2, 0.25) is 17.7 Å². The molecule has 3 unspecified atom stereocenters. The predicted octanol–water partition coefficient (Wildman–Crippen LogP) is -1.91. The zero-order valence-electron chi connectivity index (χ0n) is 18.2. The van der Waals surface area contributed by atoms with Crippen LogP contribution in [0.25, 0.3) is 0 Å². The number of hydrogen-bond donors (Lipinski definition) is 6. The molecule has 3 amide bonds. The summed E-state index contributed by atoms with van der Waals surface area (Å²) in [6.45, 7) is 4.14. The van der Waals surface area contributed by atoms with E-state index in [9.17, 15) is 24.3 Å². The van der Waals surface area contributed by atoms with Gasteiger partial charge < -0.3 is 37.8 Å². The number of nitrogens with zero attached hydrogens (tertiary/aromatic N) is 2. The number of aliphatic imine (C=N–C) groups is 1. The topological polar surface area (TPSA) is 206 Å². The van der Waals surface area contributed by atoms with Crippen LogP contribution in [-0.4, -0.2) is 77.4 Å². The van der Waals surface area contributed by atoms with Crippen molar-refractivity contribution >= 4 is 29.7 Å². The van der Waals surface area contributed by atoms with Crippen LogP contribution in [0.2, 0.25) is 0 Å². The van der Waals surface area contributed by atoms with E-state index in [4.69, 9.17) is 17.2 Å². The Morgan fingerprint density at radius 2 is 1.90 bits per heavy atom. The van der Waals surface area contributed by atoms with Gasteiger partial charge in [-0.3, -0.25) is 19.4 Å². The van der Waals surface area contributed by atoms with E-state index in [2.05, 4.69) is 15.6 Å². The van der Waals surface area contributed by atoms with Crippen LogP contribution in [0.15, 0.2) is 4.99 Å². The smallest absolute Gasteiger partial charge is 0.326 e. The number of carboxylic acids is 1. The lowest BCUT2D eigenvalue weighted by Gasteiger charge is -2.26. The lowest BCUT2D eigenvalue weighted by Crippen LogP contribution is -2.53. The molecular formula is C19H35N7O5. The number of nitrogens with one attached hydrogen (secondary N) is 2. The van der Waals surface area contributed by atoms with E-state index >= 15 is 0 Å². The average molecular weight is 442 g/mol. The molecule has 176 valence electrons. The maximum Gasteiger partial charge on any atom is 0.326 e. The first-order valence-corrected chi connectivity index (χ1v) is 10.4. The molecule has 9 N–H and O–H groups in total. The van der Waals surface area contributed by atoms with Crippen molar-refractivity contribution in [3.05, 3.63) is 0 Å². The highest BCUT2D eigenvalue weighted by molar-refractivity contribution is 5.93. The van der Waals surface area contributed by atoms with Gasteiger partial charge in [0.05, 0.1) is 12.6 Å². The zero-order valence-corrected chi connectivity index (χ0v) is 18.2.